The highest BCUT2D eigenvalue weighted by Crippen LogP contribution is 2.28. The van der Waals surface area contributed by atoms with Gasteiger partial charge < -0.3 is 4.42 Å². The average Bonchev–Trinajstić information content (AvgIpc) is 2.73. The number of hydrogen-bond donors (Lipinski definition) is 1. The van der Waals surface area contributed by atoms with Crippen LogP contribution in [0.3, 0.4) is 0 Å². The number of rotatable bonds is 2. The van der Waals surface area contributed by atoms with Crippen LogP contribution >= 0.6 is 11.6 Å². The smallest absolute Gasteiger partial charge is 0.151 e. The maximum absolute atomic E-state index is 6.12. The van der Waals surface area contributed by atoms with Gasteiger partial charge in [-0.25, -0.2) is 0 Å². The molecule has 4 heteroatoms. The van der Waals surface area contributed by atoms with Gasteiger partial charge in [-0.05, 0) is 32.0 Å². The topological polar surface area (TPSA) is 41.8 Å². The molecule has 0 radical (unpaired) electrons. The maximum atomic E-state index is 6.12. The Morgan fingerprint density at radius 3 is 2.79 bits per heavy atom. The highest BCUT2D eigenvalue weighted by atomic mass is 35.5. The van der Waals surface area contributed by atoms with Gasteiger partial charge in [-0.1, -0.05) is 0 Å². The molecule has 1 N–H and O–H groups in total. The SMILES string of the molecule is CC(C)(Cl)c1cc(-c2ccco2)[nH]n1. The fourth-order valence-corrected chi connectivity index (χ4v) is 1.28. The molecular formula is C10H11ClN2O. The lowest BCUT2D eigenvalue weighted by molar-refractivity contribution is 0.580. The summed E-state index contributed by atoms with van der Waals surface area (Å²) in [5.41, 5.74) is 1.66. The monoisotopic (exact) mass is 210 g/mol. The Labute approximate surface area is 87.1 Å². The fraction of sp³-hybridized carbons (Fsp3) is 0.300. The largest absolute Gasteiger partial charge is 0.463 e. The number of nitrogens with zero attached hydrogens (tertiary/aromatic N) is 1. The van der Waals surface area contributed by atoms with Crippen LogP contribution < -0.4 is 0 Å². The molecule has 0 fully saturated rings. The van der Waals surface area contributed by atoms with Crippen LogP contribution in [0.1, 0.15) is 19.5 Å². The van der Waals surface area contributed by atoms with Crippen molar-refractivity contribution in [1.29, 1.82) is 0 Å². The van der Waals surface area contributed by atoms with Gasteiger partial charge in [0.2, 0.25) is 0 Å². The van der Waals surface area contributed by atoms with Gasteiger partial charge in [-0.15, -0.1) is 11.6 Å². The Balaban J connectivity index is 2.36. The zero-order valence-corrected chi connectivity index (χ0v) is 8.80. The number of nitrogens with one attached hydrogen (secondary N) is 1. The quantitative estimate of drug-likeness (QED) is 0.774. The van der Waals surface area contributed by atoms with E-state index in [0.717, 1.165) is 17.1 Å². The molecule has 2 aromatic rings. The third-order valence-corrected chi connectivity index (χ3v) is 2.17. The third kappa shape index (κ3) is 1.68. The second-order valence-corrected chi connectivity index (χ2v) is 4.56. The van der Waals surface area contributed by atoms with E-state index >= 15 is 0 Å². The first-order valence-corrected chi connectivity index (χ1v) is 4.74. The molecule has 2 aromatic heterocycles. The van der Waals surface area contributed by atoms with Crippen molar-refractivity contribution in [2.45, 2.75) is 18.7 Å². The molecular weight excluding hydrogens is 200 g/mol. The van der Waals surface area contributed by atoms with Gasteiger partial charge in [-0.2, -0.15) is 5.10 Å². The lowest BCUT2D eigenvalue weighted by atomic mass is 10.1. The normalized spacial score (nSPS) is 11.9. The van der Waals surface area contributed by atoms with Crippen LogP contribution in [0, 0.1) is 0 Å². The van der Waals surface area contributed by atoms with Crippen molar-refractivity contribution in [2.24, 2.45) is 0 Å². The first-order chi connectivity index (χ1) is 6.57. The Hall–Kier alpha value is -1.22. The molecule has 0 amide bonds. The van der Waals surface area contributed by atoms with Crippen molar-refractivity contribution in [3.63, 3.8) is 0 Å². The van der Waals surface area contributed by atoms with Crippen molar-refractivity contribution in [3.05, 3.63) is 30.2 Å². The zero-order valence-electron chi connectivity index (χ0n) is 8.04. The minimum atomic E-state index is -0.457. The van der Waals surface area contributed by atoms with Crippen LogP contribution in [0.15, 0.2) is 28.9 Å². The molecule has 0 aliphatic carbocycles. The molecule has 3 nitrogen and oxygen atoms in total. The van der Waals surface area contributed by atoms with E-state index in [2.05, 4.69) is 10.2 Å². The zero-order chi connectivity index (χ0) is 10.2. The Kier molecular flexibility index (Phi) is 2.11. The summed E-state index contributed by atoms with van der Waals surface area (Å²) in [6.45, 7) is 3.80. The molecule has 2 heterocycles. The van der Waals surface area contributed by atoms with E-state index in [1.165, 1.54) is 0 Å². The average molecular weight is 211 g/mol. The van der Waals surface area contributed by atoms with Gasteiger partial charge in [0.05, 0.1) is 16.8 Å². The Morgan fingerprint density at radius 1 is 1.50 bits per heavy atom. The van der Waals surface area contributed by atoms with Gasteiger partial charge in [0, 0.05) is 0 Å². The number of alkyl halides is 1. The van der Waals surface area contributed by atoms with Crippen molar-refractivity contribution in [2.75, 3.05) is 0 Å². The molecule has 0 aromatic carbocycles. The van der Waals surface area contributed by atoms with Crippen LogP contribution in [-0.2, 0) is 4.87 Å². The molecule has 0 atom stereocenters. The Morgan fingerprint density at radius 2 is 2.29 bits per heavy atom. The number of hydrogen-bond acceptors (Lipinski definition) is 2. The van der Waals surface area contributed by atoms with E-state index in [4.69, 9.17) is 16.0 Å². The first kappa shape index (κ1) is 9.34. The van der Waals surface area contributed by atoms with Crippen molar-refractivity contribution in [3.8, 4) is 11.5 Å². The van der Waals surface area contributed by atoms with Crippen LogP contribution in [0.5, 0.6) is 0 Å². The lowest BCUT2D eigenvalue weighted by Gasteiger charge is -2.10. The second kappa shape index (κ2) is 3.17. The Bertz CT molecular complexity index is 412. The number of halogens is 1. The minimum absolute atomic E-state index is 0.457. The molecule has 2 rings (SSSR count). The lowest BCUT2D eigenvalue weighted by Crippen LogP contribution is -2.07. The van der Waals surface area contributed by atoms with E-state index < -0.39 is 4.87 Å². The molecule has 0 aliphatic rings. The van der Waals surface area contributed by atoms with E-state index in [-0.39, 0.29) is 0 Å². The molecule has 0 spiro atoms. The highest BCUT2D eigenvalue weighted by Gasteiger charge is 2.20. The van der Waals surface area contributed by atoms with Crippen molar-refractivity contribution < 1.29 is 4.42 Å². The summed E-state index contributed by atoms with van der Waals surface area (Å²) in [5, 5.41) is 7.01. The standard InChI is InChI=1S/C10H11ClN2O/c1-10(2,11)9-6-7(12-13-9)8-4-3-5-14-8/h3-6H,1-2H3,(H,12,13). The van der Waals surface area contributed by atoms with Crippen LogP contribution in [0.25, 0.3) is 11.5 Å². The molecule has 0 aliphatic heterocycles. The van der Waals surface area contributed by atoms with Gasteiger partial charge >= 0.3 is 0 Å². The molecule has 0 saturated heterocycles. The number of aromatic nitrogens is 2. The molecule has 0 bridgehead atoms. The minimum Gasteiger partial charge on any atom is -0.463 e. The summed E-state index contributed by atoms with van der Waals surface area (Å²) < 4.78 is 5.23. The van der Waals surface area contributed by atoms with Crippen molar-refractivity contribution in [1.82, 2.24) is 10.2 Å². The van der Waals surface area contributed by atoms with E-state index in [1.807, 2.05) is 32.0 Å². The van der Waals surface area contributed by atoms with E-state index in [0.29, 0.717) is 0 Å². The first-order valence-electron chi connectivity index (χ1n) is 4.36. The number of H-pyrrole nitrogens is 1. The number of furan rings is 1. The maximum Gasteiger partial charge on any atom is 0.151 e. The molecule has 0 saturated carbocycles. The molecule has 0 unspecified atom stereocenters. The predicted molar refractivity (Wildman–Crippen MR) is 55.2 cm³/mol. The van der Waals surface area contributed by atoms with Crippen LogP contribution in [-0.4, -0.2) is 10.2 Å². The van der Waals surface area contributed by atoms with Crippen LogP contribution in [0.2, 0.25) is 0 Å². The summed E-state index contributed by atoms with van der Waals surface area (Å²) in [4.78, 5) is -0.457. The van der Waals surface area contributed by atoms with Crippen molar-refractivity contribution >= 4 is 11.6 Å². The summed E-state index contributed by atoms with van der Waals surface area (Å²) in [6, 6.07) is 5.60. The van der Waals surface area contributed by atoms with Crippen LogP contribution in [0.4, 0.5) is 0 Å². The molecule has 14 heavy (non-hydrogen) atoms. The summed E-state index contributed by atoms with van der Waals surface area (Å²) in [5.74, 6) is 0.768. The fourth-order valence-electron chi connectivity index (χ4n) is 1.18. The number of aromatic amines is 1. The summed E-state index contributed by atoms with van der Waals surface area (Å²) >= 11 is 6.12. The molecule has 74 valence electrons. The van der Waals surface area contributed by atoms with Gasteiger partial charge in [0.15, 0.2) is 5.76 Å². The second-order valence-electron chi connectivity index (χ2n) is 3.62. The highest BCUT2D eigenvalue weighted by molar-refractivity contribution is 6.23. The third-order valence-electron chi connectivity index (χ3n) is 1.97. The van der Waals surface area contributed by atoms with Gasteiger partial charge in [0.25, 0.3) is 0 Å². The van der Waals surface area contributed by atoms with Gasteiger partial charge in [-0.3, -0.25) is 5.10 Å². The van der Waals surface area contributed by atoms with Gasteiger partial charge in [0.1, 0.15) is 5.69 Å². The van der Waals surface area contributed by atoms with E-state index in [9.17, 15) is 0 Å². The van der Waals surface area contributed by atoms with E-state index in [1.54, 1.807) is 6.26 Å². The summed E-state index contributed by atoms with van der Waals surface area (Å²) in [7, 11) is 0. The summed E-state index contributed by atoms with van der Waals surface area (Å²) in [6.07, 6.45) is 1.63. The predicted octanol–water partition coefficient (Wildman–Crippen LogP) is 3.14.